The minimum Gasteiger partial charge on any atom is -0.380 e. The SMILES string of the molecule is CCOCCNC(=NC)NCc1cccc(CS(=O)(=O)NC)c1. The molecular formula is C15H26N4O3S. The lowest BCUT2D eigenvalue weighted by Crippen LogP contribution is -2.38. The van der Waals surface area contributed by atoms with Crippen molar-refractivity contribution in [3.8, 4) is 0 Å². The van der Waals surface area contributed by atoms with Crippen molar-refractivity contribution in [3.63, 3.8) is 0 Å². The highest BCUT2D eigenvalue weighted by Gasteiger charge is 2.08. The maximum atomic E-state index is 11.6. The predicted molar refractivity (Wildman–Crippen MR) is 92.8 cm³/mol. The van der Waals surface area contributed by atoms with Crippen molar-refractivity contribution >= 4 is 16.0 Å². The van der Waals surface area contributed by atoms with Crippen molar-refractivity contribution in [3.05, 3.63) is 35.4 Å². The van der Waals surface area contributed by atoms with E-state index in [1.165, 1.54) is 7.05 Å². The summed E-state index contributed by atoms with van der Waals surface area (Å²) in [5.41, 5.74) is 1.74. The first-order valence-corrected chi connectivity index (χ1v) is 9.17. The van der Waals surface area contributed by atoms with E-state index in [-0.39, 0.29) is 5.75 Å². The zero-order chi connectivity index (χ0) is 17.1. The summed E-state index contributed by atoms with van der Waals surface area (Å²) in [6, 6.07) is 7.46. The second kappa shape index (κ2) is 10.2. The monoisotopic (exact) mass is 342 g/mol. The molecule has 0 spiro atoms. The molecule has 3 N–H and O–H groups in total. The van der Waals surface area contributed by atoms with Gasteiger partial charge in [0.15, 0.2) is 5.96 Å². The zero-order valence-electron chi connectivity index (χ0n) is 13.9. The summed E-state index contributed by atoms with van der Waals surface area (Å²) in [5.74, 6) is 0.650. The second-order valence-corrected chi connectivity index (χ2v) is 6.76. The number of guanidine groups is 1. The van der Waals surface area contributed by atoms with Crippen LogP contribution < -0.4 is 15.4 Å². The summed E-state index contributed by atoms with van der Waals surface area (Å²) in [6.45, 7) is 4.49. The van der Waals surface area contributed by atoms with Gasteiger partial charge in [-0.05, 0) is 25.1 Å². The van der Waals surface area contributed by atoms with Crippen LogP contribution in [0.15, 0.2) is 29.3 Å². The van der Waals surface area contributed by atoms with E-state index in [1.54, 1.807) is 13.1 Å². The van der Waals surface area contributed by atoms with Crippen LogP contribution in [0.3, 0.4) is 0 Å². The van der Waals surface area contributed by atoms with Crippen LogP contribution in [0.5, 0.6) is 0 Å². The van der Waals surface area contributed by atoms with E-state index in [0.29, 0.717) is 32.3 Å². The molecule has 0 saturated carbocycles. The van der Waals surface area contributed by atoms with Crippen molar-refractivity contribution in [2.75, 3.05) is 33.9 Å². The van der Waals surface area contributed by atoms with Crippen LogP contribution in [0.4, 0.5) is 0 Å². The van der Waals surface area contributed by atoms with Gasteiger partial charge in [0.1, 0.15) is 0 Å². The zero-order valence-corrected chi connectivity index (χ0v) is 14.7. The van der Waals surface area contributed by atoms with Crippen molar-refractivity contribution in [1.29, 1.82) is 0 Å². The smallest absolute Gasteiger partial charge is 0.215 e. The van der Waals surface area contributed by atoms with Gasteiger partial charge in [-0.2, -0.15) is 0 Å². The predicted octanol–water partition coefficient (Wildman–Crippen LogP) is 0.437. The second-order valence-electron chi connectivity index (χ2n) is 4.83. The number of hydrogen-bond donors (Lipinski definition) is 3. The largest absolute Gasteiger partial charge is 0.380 e. The minimum absolute atomic E-state index is 0.0291. The molecule has 0 heterocycles. The van der Waals surface area contributed by atoms with E-state index < -0.39 is 10.0 Å². The van der Waals surface area contributed by atoms with E-state index >= 15 is 0 Å². The number of sulfonamides is 1. The Balaban J connectivity index is 2.53. The Morgan fingerprint density at radius 3 is 2.65 bits per heavy atom. The molecule has 0 fully saturated rings. The van der Waals surface area contributed by atoms with Gasteiger partial charge in [0.2, 0.25) is 10.0 Å². The van der Waals surface area contributed by atoms with Gasteiger partial charge in [0.05, 0.1) is 12.4 Å². The first-order chi connectivity index (χ1) is 11.0. The molecule has 0 aromatic heterocycles. The van der Waals surface area contributed by atoms with Gasteiger partial charge in [0, 0.05) is 26.7 Å². The molecule has 0 saturated heterocycles. The van der Waals surface area contributed by atoms with Crippen molar-refractivity contribution in [2.24, 2.45) is 4.99 Å². The molecule has 8 heteroatoms. The van der Waals surface area contributed by atoms with Gasteiger partial charge in [-0.1, -0.05) is 24.3 Å². The number of benzene rings is 1. The molecule has 0 aliphatic carbocycles. The van der Waals surface area contributed by atoms with Crippen LogP contribution in [0.1, 0.15) is 18.1 Å². The Hall–Kier alpha value is -1.64. The molecule has 0 aliphatic rings. The standard InChI is InChI=1S/C15H26N4O3S/c1-4-22-9-8-18-15(16-2)19-11-13-6-5-7-14(10-13)12-23(20,21)17-3/h5-7,10,17H,4,8-9,11-12H2,1-3H3,(H2,16,18,19). The van der Waals surface area contributed by atoms with Crippen molar-refractivity contribution in [1.82, 2.24) is 15.4 Å². The van der Waals surface area contributed by atoms with Gasteiger partial charge < -0.3 is 15.4 Å². The lowest BCUT2D eigenvalue weighted by atomic mass is 10.1. The molecule has 23 heavy (non-hydrogen) atoms. The highest BCUT2D eigenvalue weighted by molar-refractivity contribution is 7.88. The first kappa shape index (κ1) is 19.4. The molecule has 7 nitrogen and oxygen atoms in total. The van der Waals surface area contributed by atoms with Gasteiger partial charge in [-0.3, -0.25) is 4.99 Å². The minimum atomic E-state index is -3.26. The number of nitrogens with zero attached hydrogens (tertiary/aromatic N) is 1. The van der Waals surface area contributed by atoms with E-state index in [9.17, 15) is 8.42 Å². The van der Waals surface area contributed by atoms with Crippen LogP contribution in [0.2, 0.25) is 0 Å². The van der Waals surface area contributed by atoms with Crippen LogP contribution in [-0.2, 0) is 27.1 Å². The lowest BCUT2D eigenvalue weighted by molar-refractivity contribution is 0.152. The lowest BCUT2D eigenvalue weighted by Gasteiger charge is -2.12. The first-order valence-electron chi connectivity index (χ1n) is 7.52. The van der Waals surface area contributed by atoms with Gasteiger partial charge >= 0.3 is 0 Å². The molecule has 0 unspecified atom stereocenters. The third-order valence-corrected chi connectivity index (χ3v) is 4.42. The topological polar surface area (TPSA) is 91.8 Å². The van der Waals surface area contributed by atoms with Gasteiger partial charge in [-0.15, -0.1) is 0 Å². The normalized spacial score (nSPS) is 12.2. The summed E-state index contributed by atoms with van der Waals surface area (Å²) in [5, 5.41) is 6.33. The summed E-state index contributed by atoms with van der Waals surface area (Å²) < 4.78 is 30.8. The third kappa shape index (κ3) is 7.96. The Morgan fingerprint density at radius 1 is 1.26 bits per heavy atom. The molecule has 0 radical (unpaired) electrons. The molecule has 0 bridgehead atoms. The maximum absolute atomic E-state index is 11.6. The summed E-state index contributed by atoms with van der Waals surface area (Å²) >= 11 is 0. The fourth-order valence-corrected chi connectivity index (χ4v) is 2.68. The molecular weight excluding hydrogens is 316 g/mol. The number of nitrogens with one attached hydrogen (secondary N) is 3. The summed E-state index contributed by atoms with van der Waals surface area (Å²) in [7, 11) is -0.147. The quantitative estimate of drug-likeness (QED) is 0.344. The Morgan fingerprint density at radius 2 is 2.00 bits per heavy atom. The van der Waals surface area contributed by atoms with Crippen LogP contribution in [0.25, 0.3) is 0 Å². The number of rotatable bonds is 9. The number of aliphatic imine (C=N–C) groups is 1. The summed E-state index contributed by atoms with van der Waals surface area (Å²) in [4.78, 5) is 4.13. The molecule has 1 aromatic carbocycles. The van der Waals surface area contributed by atoms with E-state index in [4.69, 9.17) is 4.74 Å². The maximum Gasteiger partial charge on any atom is 0.215 e. The molecule has 1 aromatic rings. The Bertz CT molecular complexity index is 602. The number of ether oxygens (including phenoxy) is 1. The molecule has 1 rings (SSSR count). The highest BCUT2D eigenvalue weighted by atomic mass is 32.2. The van der Waals surface area contributed by atoms with Gasteiger partial charge in [0.25, 0.3) is 0 Å². The van der Waals surface area contributed by atoms with Crippen LogP contribution in [-0.4, -0.2) is 48.2 Å². The molecule has 130 valence electrons. The molecule has 0 aliphatic heterocycles. The Kier molecular flexibility index (Phi) is 8.60. The summed E-state index contributed by atoms with van der Waals surface area (Å²) in [6.07, 6.45) is 0. The molecule has 0 amide bonds. The average Bonchev–Trinajstić information content (AvgIpc) is 2.54. The van der Waals surface area contributed by atoms with Crippen LogP contribution in [0, 0.1) is 0 Å². The average molecular weight is 342 g/mol. The fraction of sp³-hybridized carbons (Fsp3) is 0.533. The van der Waals surface area contributed by atoms with Gasteiger partial charge in [-0.25, -0.2) is 13.1 Å². The van der Waals surface area contributed by atoms with Crippen molar-refractivity contribution < 1.29 is 13.2 Å². The van der Waals surface area contributed by atoms with E-state index in [1.807, 2.05) is 25.1 Å². The van der Waals surface area contributed by atoms with E-state index in [2.05, 4.69) is 20.3 Å². The fourth-order valence-electron chi connectivity index (χ4n) is 1.91. The molecule has 0 atom stereocenters. The third-order valence-electron chi connectivity index (χ3n) is 3.09. The van der Waals surface area contributed by atoms with Crippen LogP contribution >= 0.6 is 0 Å². The number of hydrogen-bond acceptors (Lipinski definition) is 4. The Labute approximate surface area is 138 Å². The van der Waals surface area contributed by atoms with Crippen molar-refractivity contribution in [2.45, 2.75) is 19.2 Å². The highest BCUT2D eigenvalue weighted by Crippen LogP contribution is 2.08. The van der Waals surface area contributed by atoms with E-state index in [0.717, 1.165) is 11.1 Å².